The second kappa shape index (κ2) is 9.90. The van der Waals surface area contributed by atoms with Gasteiger partial charge in [0.2, 0.25) is 5.91 Å². The van der Waals surface area contributed by atoms with Crippen LogP contribution in [0.5, 0.6) is 11.5 Å². The van der Waals surface area contributed by atoms with Gasteiger partial charge in [-0.15, -0.1) is 0 Å². The van der Waals surface area contributed by atoms with Crippen molar-refractivity contribution >= 4 is 5.91 Å². The van der Waals surface area contributed by atoms with Crippen LogP contribution in [0.1, 0.15) is 39.9 Å². The van der Waals surface area contributed by atoms with Crippen molar-refractivity contribution in [1.82, 2.24) is 10.5 Å². The summed E-state index contributed by atoms with van der Waals surface area (Å²) in [5, 5.41) is 7.47. The standard InChI is InChI=1S/C26H32N2O4/c1-17(2)16-26(3,4)27-23(29)15-22-24(18-7-11-20(30-5)12-8-18)25(28-32-22)19-9-13-21(31-6)14-10-19/h7-14,17H,15-16H2,1-6H3,(H,27,29). The largest absolute Gasteiger partial charge is 0.497 e. The van der Waals surface area contributed by atoms with Crippen molar-refractivity contribution in [2.24, 2.45) is 5.92 Å². The fourth-order valence-corrected chi connectivity index (χ4v) is 4.09. The van der Waals surface area contributed by atoms with Crippen LogP contribution in [0, 0.1) is 5.92 Å². The minimum Gasteiger partial charge on any atom is -0.497 e. The lowest BCUT2D eigenvalue weighted by molar-refractivity contribution is -0.122. The number of carbonyl (C=O) groups is 1. The number of aromatic nitrogens is 1. The van der Waals surface area contributed by atoms with Gasteiger partial charge in [-0.25, -0.2) is 0 Å². The van der Waals surface area contributed by atoms with Gasteiger partial charge in [0.15, 0.2) is 5.76 Å². The topological polar surface area (TPSA) is 73.6 Å². The molecule has 1 amide bonds. The van der Waals surface area contributed by atoms with Crippen LogP contribution in [0.15, 0.2) is 53.1 Å². The highest BCUT2D eigenvalue weighted by Gasteiger charge is 2.25. The fourth-order valence-electron chi connectivity index (χ4n) is 4.09. The van der Waals surface area contributed by atoms with Gasteiger partial charge in [0.05, 0.1) is 26.2 Å². The molecule has 0 fully saturated rings. The van der Waals surface area contributed by atoms with Crippen LogP contribution in [-0.4, -0.2) is 30.8 Å². The van der Waals surface area contributed by atoms with Crippen LogP contribution < -0.4 is 14.8 Å². The highest BCUT2D eigenvalue weighted by molar-refractivity contribution is 5.87. The Balaban J connectivity index is 1.96. The summed E-state index contributed by atoms with van der Waals surface area (Å²) in [6, 6.07) is 15.3. The quantitative estimate of drug-likeness (QED) is 0.479. The zero-order valence-electron chi connectivity index (χ0n) is 19.7. The molecule has 3 rings (SSSR count). The van der Waals surface area contributed by atoms with Gasteiger partial charge in [-0.2, -0.15) is 0 Å². The maximum Gasteiger partial charge on any atom is 0.228 e. The van der Waals surface area contributed by atoms with E-state index in [-0.39, 0.29) is 17.9 Å². The van der Waals surface area contributed by atoms with E-state index in [0.29, 0.717) is 17.4 Å². The molecule has 0 radical (unpaired) electrons. The van der Waals surface area contributed by atoms with Gasteiger partial charge in [-0.3, -0.25) is 4.79 Å². The molecular weight excluding hydrogens is 404 g/mol. The Labute approximate surface area is 189 Å². The Bertz CT molecular complexity index is 1030. The van der Waals surface area contributed by atoms with Crippen LogP contribution in [0.25, 0.3) is 22.4 Å². The van der Waals surface area contributed by atoms with Crippen molar-refractivity contribution in [2.45, 2.75) is 46.1 Å². The predicted molar refractivity (Wildman–Crippen MR) is 126 cm³/mol. The van der Waals surface area contributed by atoms with Crippen molar-refractivity contribution in [1.29, 1.82) is 0 Å². The van der Waals surface area contributed by atoms with Crippen LogP contribution in [0.2, 0.25) is 0 Å². The van der Waals surface area contributed by atoms with Gasteiger partial charge in [0, 0.05) is 11.1 Å². The Morgan fingerprint density at radius 3 is 2.00 bits per heavy atom. The smallest absolute Gasteiger partial charge is 0.228 e. The Morgan fingerprint density at radius 1 is 0.969 bits per heavy atom. The van der Waals surface area contributed by atoms with Crippen LogP contribution in [0.4, 0.5) is 0 Å². The minimum absolute atomic E-state index is 0.0946. The second-order valence-electron chi connectivity index (χ2n) is 8.99. The molecule has 0 spiro atoms. The van der Waals surface area contributed by atoms with E-state index in [0.717, 1.165) is 34.6 Å². The predicted octanol–water partition coefficient (Wildman–Crippen LogP) is 5.51. The zero-order chi connectivity index (χ0) is 23.3. The third kappa shape index (κ3) is 5.69. The minimum atomic E-state index is -0.301. The molecule has 0 bridgehead atoms. The summed E-state index contributed by atoms with van der Waals surface area (Å²) in [7, 11) is 3.26. The van der Waals surface area contributed by atoms with Crippen LogP contribution >= 0.6 is 0 Å². The summed E-state index contributed by atoms with van der Waals surface area (Å²) in [4.78, 5) is 12.9. The summed E-state index contributed by atoms with van der Waals surface area (Å²) in [6.07, 6.45) is 0.990. The first-order valence-electron chi connectivity index (χ1n) is 10.8. The maximum atomic E-state index is 12.9. The van der Waals surface area contributed by atoms with E-state index in [9.17, 15) is 4.79 Å². The average molecular weight is 437 g/mol. The molecular formula is C26H32N2O4. The molecule has 0 aliphatic heterocycles. The normalized spacial score (nSPS) is 11.5. The lowest BCUT2D eigenvalue weighted by atomic mass is 9.92. The molecule has 0 atom stereocenters. The number of nitrogens with zero attached hydrogens (tertiary/aromatic N) is 1. The van der Waals surface area contributed by atoms with Crippen molar-refractivity contribution in [3.05, 3.63) is 54.3 Å². The molecule has 0 saturated carbocycles. The van der Waals surface area contributed by atoms with Gasteiger partial charge >= 0.3 is 0 Å². The van der Waals surface area contributed by atoms with E-state index in [1.807, 2.05) is 62.4 Å². The molecule has 6 heteroatoms. The maximum absolute atomic E-state index is 12.9. The summed E-state index contributed by atoms with van der Waals surface area (Å²) in [6.45, 7) is 8.37. The molecule has 1 N–H and O–H groups in total. The van der Waals surface area contributed by atoms with Crippen LogP contribution in [0.3, 0.4) is 0 Å². The SMILES string of the molecule is COc1ccc(-c2noc(CC(=O)NC(C)(C)CC(C)C)c2-c2ccc(OC)cc2)cc1. The molecule has 1 aromatic heterocycles. The molecule has 3 aromatic rings. The van der Waals surface area contributed by atoms with E-state index >= 15 is 0 Å². The van der Waals surface area contributed by atoms with Crippen LogP contribution in [-0.2, 0) is 11.2 Å². The highest BCUT2D eigenvalue weighted by atomic mass is 16.5. The Kier molecular flexibility index (Phi) is 7.23. The molecule has 6 nitrogen and oxygen atoms in total. The summed E-state index contributed by atoms with van der Waals surface area (Å²) in [5.74, 6) is 2.43. The van der Waals surface area contributed by atoms with E-state index < -0.39 is 0 Å². The van der Waals surface area contributed by atoms with E-state index in [4.69, 9.17) is 14.0 Å². The molecule has 0 unspecified atom stereocenters. The number of carbonyl (C=O) groups excluding carboxylic acids is 1. The van der Waals surface area contributed by atoms with Crippen molar-refractivity contribution in [3.63, 3.8) is 0 Å². The Morgan fingerprint density at radius 2 is 1.50 bits per heavy atom. The van der Waals surface area contributed by atoms with Gasteiger partial charge in [0.1, 0.15) is 17.2 Å². The molecule has 0 aliphatic carbocycles. The number of benzene rings is 2. The van der Waals surface area contributed by atoms with E-state index in [1.165, 1.54) is 0 Å². The monoisotopic (exact) mass is 436 g/mol. The number of nitrogens with one attached hydrogen (secondary N) is 1. The lowest BCUT2D eigenvalue weighted by Crippen LogP contribution is -2.45. The number of rotatable bonds is 9. The lowest BCUT2D eigenvalue weighted by Gasteiger charge is -2.28. The van der Waals surface area contributed by atoms with E-state index in [1.54, 1.807) is 14.2 Å². The number of ether oxygens (including phenoxy) is 2. The first kappa shape index (κ1) is 23.4. The second-order valence-corrected chi connectivity index (χ2v) is 8.99. The number of methoxy groups -OCH3 is 2. The summed E-state index contributed by atoms with van der Waals surface area (Å²) >= 11 is 0. The first-order chi connectivity index (χ1) is 15.2. The molecule has 2 aromatic carbocycles. The highest BCUT2D eigenvalue weighted by Crippen LogP contribution is 2.36. The molecule has 170 valence electrons. The van der Waals surface area contributed by atoms with Crippen molar-refractivity contribution in [3.8, 4) is 33.9 Å². The first-order valence-corrected chi connectivity index (χ1v) is 10.8. The van der Waals surface area contributed by atoms with Gasteiger partial charge in [-0.05, 0) is 68.1 Å². The summed E-state index contributed by atoms with van der Waals surface area (Å²) < 4.78 is 16.3. The summed E-state index contributed by atoms with van der Waals surface area (Å²) in [5.41, 5.74) is 2.97. The van der Waals surface area contributed by atoms with Gasteiger partial charge in [-0.1, -0.05) is 31.1 Å². The van der Waals surface area contributed by atoms with Gasteiger partial charge in [0.25, 0.3) is 0 Å². The number of amides is 1. The van der Waals surface area contributed by atoms with Crippen molar-refractivity contribution < 1.29 is 18.8 Å². The molecule has 32 heavy (non-hydrogen) atoms. The third-order valence-corrected chi connectivity index (χ3v) is 5.22. The zero-order valence-corrected chi connectivity index (χ0v) is 19.7. The molecule has 0 aliphatic rings. The fraction of sp³-hybridized carbons (Fsp3) is 0.385. The molecule has 0 saturated heterocycles. The molecule has 1 heterocycles. The number of hydrogen-bond donors (Lipinski definition) is 1. The number of hydrogen-bond acceptors (Lipinski definition) is 5. The van der Waals surface area contributed by atoms with Crippen molar-refractivity contribution in [2.75, 3.05) is 14.2 Å². The van der Waals surface area contributed by atoms with Gasteiger partial charge < -0.3 is 19.3 Å². The average Bonchev–Trinajstić information content (AvgIpc) is 3.15. The van der Waals surface area contributed by atoms with E-state index in [2.05, 4.69) is 24.3 Å². The third-order valence-electron chi connectivity index (χ3n) is 5.22. The Hall–Kier alpha value is -3.28.